The molecule has 1 amide bonds. The molecule has 4 aliphatic rings. The third-order valence-electron chi connectivity index (χ3n) is 8.75. The number of fused-ring (bicyclic) bond motifs is 3. The first-order chi connectivity index (χ1) is 17.0. The van der Waals surface area contributed by atoms with Crippen molar-refractivity contribution >= 4 is 34.8 Å². The predicted molar refractivity (Wildman–Crippen MR) is 121 cm³/mol. The van der Waals surface area contributed by atoms with Gasteiger partial charge in [-0.1, -0.05) is 25.0 Å². The summed E-state index contributed by atoms with van der Waals surface area (Å²) in [6.45, 7) is 0. The average Bonchev–Trinajstić information content (AvgIpc) is 3.36. The van der Waals surface area contributed by atoms with Gasteiger partial charge in [0.2, 0.25) is 5.91 Å². The van der Waals surface area contributed by atoms with Gasteiger partial charge in [0.25, 0.3) is 0 Å². The molecule has 10 heteroatoms. The lowest BCUT2D eigenvalue weighted by molar-refractivity contribution is -0.189. The van der Waals surface area contributed by atoms with Gasteiger partial charge in [-0.2, -0.15) is 0 Å². The zero-order chi connectivity index (χ0) is 26.1. The van der Waals surface area contributed by atoms with Crippen molar-refractivity contribution in [3.8, 4) is 5.75 Å². The van der Waals surface area contributed by atoms with Crippen LogP contribution in [0.15, 0.2) is 18.2 Å². The number of ketones is 5. The first-order valence-corrected chi connectivity index (χ1v) is 12.2. The van der Waals surface area contributed by atoms with Crippen LogP contribution in [0.3, 0.4) is 0 Å². The number of amides is 1. The molecule has 2 unspecified atom stereocenters. The Kier molecular flexibility index (Phi) is 5.72. The van der Waals surface area contributed by atoms with E-state index in [4.69, 9.17) is 5.73 Å². The van der Waals surface area contributed by atoms with Crippen LogP contribution in [0.2, 0.25) is 0 Å². The number of primary amides is 1. The fourth-order valence-electron chi connectivity index (χ4n) is 7.01. The van der Waals surface area contributed by atoms with Crippen LogP contribution in [0.4, 0.5) is 0 Å². The van der Waals surface area contributed by atoms with Crippen LogP contribution in [-0.4, -0.2) is 61.8 Å². The smallest absolute Gasteiger partial charge is 0.235 e. The lowest BCUT2D eigenvalue weighted by atomic mass is 9.50. The van der Waals surface area contributed by atoms with Gasteiger partial charge in [-0.3, -0.25) is 28.8 Å². The summed E-state index contributed by atoms with van der Waals surface area (Å²) < 4.78 is 0. The first-order valence-electron chi connectivity index (χ1n) is 12.2. The number of Topliss-reactive ketones (excluding diaryl/α,β-unsaturated/α-hetero) is 5. The van der Waals surface area contributed by atoms with E-state index in [-0.39, 0.29) is 23.7 Å². The van der Waals surface area contributed by atoms with E-state index >= 15 is 0 Å². The van der Waals surface area contributed by atoms with E-state index in [1.807, 2.05) is 0 Å². The maximum absolute atomic E-state index is 13.7. The molecule has 0 radical (unpaired) electrons. The zero-order valence-corrected chi connectivity index (χ0v) is 19.4. The Morgan fingerprint density at radius 1 is 1.06 bits per heavy atom. The Balaban J connectivity index is 1.64. The van der Waals surface area contributed by atoms with Gasteiger partial charge in [0, 0.05) is 30.6 Å². The molecule has 0 saturated heterocycles. The lowest BCUT2D eigenvalue weighted by Gasteiger charge is -2.53. The number of benzene rings is 1. The van der Waals surface area contributed by atoms with Gasteiger partial charge in [-0.15, -0.1) is 0 Å². The van der Waals surface area contributed by atoms with Gasteiger partial charge < -0.3 is 21.1 Å². The molecule has 190 valence electrons. The van der Waals surface area contributed by atoms with Crippen molar-refractivity contribution < 1.29 is 44.1 Å². The minimum atomic E-state index is -2.98. The molecule has 36 heavy (non-hydrogen) atoms. The quantitative estimate of drug-likeness (QED) is 0.415. The highest BCUT2D eigenvalue weighted by Crippen LogP contribution is 2.55. The van der Waals surface area contributed by atoms with Crippen LogP contribution >= 0.6 is 0 Å². The summed E-state index contributed by atoms with van der Waals surface area (Å²) >= 11 is 0. The van der Waals surface area contributed by atoms with Crippen molar-refractivity contribution in [2.24, 2.45) is 35.3 Å². The molecule has 1 aromatic rings. The maximum atomic E-state index is 13.7. The molecule has 5 N–H and O–H groups in total. The summed E-state index contributed by atoms with van der Waals surface area (Å²) in [5, 5.41) is 33.3. The first kappa shape index (κ1) is 24.5. The standard InChI is InChI=1S/C26H27NO9/c27-25(35)19-16(30)9-13-21(31)18-12(8-15(29)10-4-1-2-5-10)11-6-3-7-14(28)17(11)22(32)20(18)24(34)26(13,36)23(19)33/h3,6-7,10,12-13,18-21,28,31,36H,1-2,4-5,8-9H2,(H2,27,35)/t12-,13+,18+,19?,20?,21+,26+/m0/s1. The van der Waals surface area contributed by atoms with Crippen molar-refractivity contribution in [3.05, 3.63) is 29.3 Å². The lowest BCUT2D eigenvalue weighted by Crippen LogP contribution is -2.72. The van der Waals surface area contributed by atoms with E-state index in [9.17, 15) is 44.1 Å². The molecule has 4 aliphatic carbocycles. The number of carbonyl (C=O) groups excluding carboxylic acids is 6. The van der Waals surface area contributed by atoms with Crippen LogP contribution in [0.25, 0.3) is 0 Å². The highest BCUT2D eigenvalue weighted by Gasteiger charge is 2.70. The van der Waals surface area contributed by atoms with Gasteiger partial charge in [0.05, 0.1) is 17.6 Å². The molecule has 0 aliphatic heterocycles. The largest absolute Gasteiger partial charge is 0.507 e. The number of rotatable bonds is 4. The van der Waals surface area contributed by atoms with Crippen molar-refractivity contribution in [1.29, 1.82) is 0 Å². The van der Waals surface area contributed by atoms with Crippen LogP contribution < -0.4 is 5.73 Å². The molecule has 7 atom stereocenters. The van der Waals surface area contributed by atoms with E-state index in [0.29, 0.717) is 18.4 Å². The number of carbonyl (C=O) groups is 6. The molecule has 0 bridgehead atoms. The van der Waals surface area contributed by atoms with Gasteiger partial charge in [-0.25, -0.2) is 0 Å². The fourth-order valence-corrected chi connectivity index (χ4v) is 7.01. The molecule has 0 heterocycles. The molecule has 0 aromatic heterocycles. The summed E-state index contributed by atoms with van der Waals surface area (Å²) in [5.74, 6) is -14.1. The monoisotopic (exact) mass is 497 g/mol. The second-order valence-corrected chi connectivity index (χ2v) is 10.5. The maximum Gasteiger partial charge on any atom is 0.235 e. The Labute approximate surface area is 205 Å². The number of aliphatic hydroxyl groups is 2. The Bertz CT molecular complexity index is 1220. The van der Waals surface area contributed by atoms with E-state index < -0.39 is 82.5 Å². The van der Waals surface area contributed by atoms with E-state index in [2.05, 4.69) is 0 Å². The van der Waals surface area contributed by atoms with Crippen molar-refractivity contribution in [2.45, 2.75) is 56.1 Å². The minimum Gasteiger partial charge on any atom is -0.507 e. The van der Waals surface area contributed by atoms with Crippen LogP contribution in [0.1, 0.15) is 60.4 Å². The predicted octanol–water partition coefficient (Wildman–Crippen LogP) is -0.0118. The molecule has 0 spiro atoms. The highest BCUT2D eigenvalue weighted by molar-refractivity contribution is 6.31. The second-order valence-electron chi connectivity index (χ2n) is 10.5. The molecule has 1 aromatic carbocycles. The van der Waals surface area contributed by atoms with Crippen molar-refractivity contribution in [3.63, 3.8) is 0 Å². The number of hydrogen-bond donors (Lipinski definition) is 4. The highest BCUT2D eigenvalue weighted by atomic mass is 16.3. The minimum absolute atomic E-state index is 0.0926. The molecular formula is C26H27NO9. The Hall–Kier alpha value is -3.24. The number of nitrogens with two attached hydrogens (primary N) is 1. The van der Waals surface area contributed by atoms with E-state index in [1.54, 1.807) is 6.07 Å². The fraction of sp³-hybridized carbons (Fsp3) is 0.538. The summed E-state index contributed by atoms with van der Waals surface area (Å²) in [6, 6.07) is 4.29. The Morgan fingerprint density at radius 2 is 1.72 bits per heavy atom. The third-order valence-corrected chi connectivity index (χ3v) is 8.75. The molecule has 3 saturated carbocycles. The summed E-state index contributed by atoms with van der Waals surface area (Å²) in [4.78, 5) is 78.0. The van der Waals surface area contributed by atoms with Crippen molar-refractivity contribution in [2.75, 3.05) is 0 Å². The molecule has 10 nitrogen and oxygen atoms in total. The Morgan fingerprint density at radius 3 is 2.36 bits per heavy atom. The number of hydrogen-bond acceptors (Lipinski definition) is 9. The van der Waals surface area contributed by atoms with Gasteiger partial charge in [0.15, 0.2) is 34.7 Å². The van der Waals surface area contributed by atoms with Gasteiger partial charge >= 0.3 is 0 Å². The number of aromatic hydroxyl groups is 1. The number of phenols is 1. The van der Waals surface area contributed by atoms with E-state index in [1.165, 1.54) is 12.1 Å². The van der Waals surface area contributed by atoms with Crippen LogP contribution in [0.5, 0.6) is 5.75 Å². The van der Waals surface area contributed by atoms with Gasteiger partial charge in [-0.05, 0) is 30.4 Å². The van der Waals surface area contributed by atoms with E-state index in [0.717, 1.165) is 12.8 Å². The zero-order valence-electron chi connectivity index (χ0n) is 19.4. The average molecular weight is 498 g/mol. The topological polar surface area (TPSA) is 189 Å². The second kappa shape index (κ2) is 8.41. The molecular weight excluding hydrogens is 470 g/mol. The normalized spacial score (nSPS) is 36.3. The van der Waals surface area contributed by atoms with Gasteiger partial charge in [0.1, 0.15) is 11.5 Å². The number of aliphatic hydroxyl groups excluding tert-OH is 1. The number of phenolic OH excluding ortho intramolecular Hbond substituents is 1. The summed E-state index contributed by atoms with van der Waals surface area (Å²) in [6.07, 6.45) is 0.766. The molecule has 5 rings (SSSR count). The SMILES string of the molecule is NC(=O)C1C(=O)C[C@@H]2[C@@H](O)[C@H]3C(C(=O)c4c(O)cccc4[C@@H]3CC(=O)C3CCCC3)C(=O)[C@]2(O)C1=O. The summed E-state index contributed by atoms with van der Waals surface area (Å²) in [5.41, 5.74) is 2.31. The molecule has 3 fully saturated rings. The van der Waals surface area contributed by atoms with Crippen LogP contribution in [-0.2, 0) is 24.0 Å². The summed E-state index contributed by atoms with van der Waals surface area (Å²) in [7, 11) is 0. The van der Waals surface area contributed by atoms with Crippen molar-refractivity contribution in [1.82, 2.24) is 0 Å². The van der Waals surface area contributed by atoms with Crippen LogP contribution in [0, 0.1) is 29.6 Å². The third kappa shape index (κ3) is 3.24.